The van der Waals surface area contributed by atoms with Gasteiger partial charge in [0.2, 0.25) is 0 Å². The maximum absolute atomic E-state index is 11.0. The molecule has 0 amide bonds. The quantitative estimate of drug-likeness (QED) is 0.475. The average molecular weight is 214 g/mol. The Balaban J connectivity index is 2.47. The third kappa shape index (κ3) is 1.88. The topological polar surface area (TPSA) is 46.5 Å². The lowest BCUT2D eigenvalue weighted by atomic mass is 10.1. The van der Waals surface area contributed by atoms with E-state index in [0.29, 0.717) is 11.1 Å². The van der Waals surface area contributed by atoms with Gasteiger partial charge >= 0.3 is 5.97 Å². The summed E-state index contributed by atoms with van der Waals surface area (Å²) in [5.41, 5.74) is 0. The molecule has 0 atom stereocenters. The van der Waals surface area contributed by atoms with E-state index >= 15 is 0 Å². The molecular weight excluding hydrogens is 204 g/mol. The molecule has 0 saturated heterocycles. The van der Waals surface area contributed by atoms with E-state index in [1.807, 2.05) is 6.07 Å². The molecule has 2 aromatic carbocycles. The number of carbonyl (C=O) groups excluding carboxylic acids is 1. The largest absolute Gasteiger partial charge is 0.507 e. The van der Waals surface area contributed by atoms with E-state index < -0.39 is 5.97 Å². The normalized spacial score (nSPS) is 10.0. The van der Waals surface area contributed by atoms with Crippen LogP contribution in [0.4, 0.5) is 0 Å². The molecule has 0 aliphatic heterocycles. The Hall–Kier alpha value is -2.29. The summed E-state index contributed by atoms with van der Waals surface area (Å²) in [6, 6.07) is 10.3. The van der Waals surface area contributed by atoms with Gasteiger partial charge in [-0.3, -0.25) is 0 Å². The van der Waals surface area contributed by atoms with Gasteiger partial charge in [0.25, 0.3) is 0 Å². The second kappa shape index (κ2) is 4.06. The van der Waals surface area contributed by atoms with E-state index in [1.54, 1.807) is 30.3 Å². The number of rotatable bonds is 2. The van der Waals surface area contributed by atoms with Crippen LogP contribution in [0.5, 0.6) is 11.5 Å². The lowest BCUT2D eigenvalue weighted by Gasteiger charge is -2.04. The van der Waals surface area contributed by atoms with Crippen LogP contribution < -0.4 is 4.74 Å². The first-order chi connectivity index (χ1) is 7.70. The SMILES string of the molecule is C=CC(=O)Oc1ccc2cccc(O)c2c1. The van der Waals surface area contributed by atoms with Gasteiger partial charge in [0.15, 0.2) is 0 Å². The highest BCUT2D eigenvalue weighted by atomic mass is 16.5. The monoisotopic (exact) mass is 214 g/mol. The Morgan fingerprint density at radius 1 is 1.31 bits per heavy atom. The molecule has 2 aromatic rings. The highest BCUT2D eigenvalue weighted by Gasteiger charge is 2.03. The molecule has 0 bridgehead atoms. The Morgan fingerprint density at radius 3 is 2.88 bits per heavy atom. The van der Waals surface area contributed by atoms with E-state index in [0.717, 1.165) is 11.5 Å². The minimum Gasteiger partial charge on any atom is -0.507 e. The smallest absolute Gasteiger partial charge is 0.335 e. The first kappa shape index (κ1) is 10.2. The number of ether oxygens (including phenoxy) is 1. The predicted octanol–water partition coefficient (Wildman–Crippen LogP) is 2.64. The maximum Gasteiger partial charge on any atom is 0.335 e. The number of phenolic OH excluding ortho intramolecular Hbond substituents is 1. The summed E-state index contributed by atoms with van der Waals surface area (Å²) >= 11 is 0. The Kier molecular flexibility index (Phi) is 2.60. The molecule has 1 N–H and O–H groups in total. The van der Waals surface area contributed by atoms with Crippen molar-refractivity contribution in [2.45, 2.75) is 0 Å². The van der Waals surface area contributed by atoms with Crippen LogP contribution in [-0.2, 0) is 4.79 Å². The number of hydrogen-bond donors (Lipinski definition) is 1. The van der Waals surface area contributed by atoms with E-state index in [1.165, 1.54) is 0 Å². The van der Waals surface area contributed by atoms with Crippen LogP contribution in [0.25, 0.3) is 10.8 Å². The van der Waals surface area contributed by atoms with Gasteiger partial charge in [-0.05, 0) is 23.6 Å². The van der Waals surface area contributed by atoms with Crippen molar-refractivity contribution in [3.05, 3.63) is 49.1 Å². The molecule has 0 spiro atoms. The first-order valence-corrected chi connectivity index (χ1v) is 4.76. The van der Waals surface area contributed by atoms with Crippen LogP contribution in [0.15, 0.2) is 49.1 Å². The van der Waals surface area contributed by atoms with Crippen molar-refractivity contribution in [2.75, 3.05) is 0 Å². The van der Waals surface area contributed by atoms with Gasteiger partial charge in [-0.2, -0.15) is 0 Å². The Bertz CT molecular complexity index is 558. The highest BCUT2D eigenvalue weighted by Crippen LogP contribution is 2.28. The zero-order valence-electron chi connectivity index (χ0n) is 8.51. The van der Waals surface area contributed by atoms with Crippen molar-refractivity contribution >= 4 is 16.7 Å². The standard InChI is InChI=1S/C13H10O3/c1-2-13(15)16-10-7-6-9-4-3-5-12(14)11(9)8-10/h2-8,14H,1H2. The number of fused-ring (bicyclic) bond motifs is 1. The highest BCUT2D eigenvalue weighted by molar-refractivity contribution is 5.90. The maximum atomic E-state index is 11.0. The van der Waals surface area contributed by atoms with Crippen LogP contribution in [0, 0.1) is 0 Å². The second-order valence-electron chi connectivity index (χ2n) is 3.29. The predicted molar refractivity (Wildman–Crippen MR) is 61.4 cm³/mol. The number of esters is 1. The number of carbonyl (C=O) groups is 1. The molecule has 0 unspecified atom stereocenters. The minimum absolute atomic E-state index is 0.161. The molecule has 3 heteroatoms. The fourth-order valence-electron chi connectivity index (χ4n) is 1.46. The van der Waals surface area contributed by atoms with Gasteiger partial charge in [-0.25, -0.2) is 4.79 Å². The molecule has 3 nitrogen and oxygen atoms in total. The summed E-state index contributed by atoms with van der Waals surface area (Å²) in [5, 5.41) is 11.2. The Morgan fingerprint density at radius 2 is 2.12 bits per heavy atom. The lowest BCUT2D eigenvalue weighted by molar-refractivity contribution is -0.128. The van der Waals surface area contributed by atoms with Crippen molar-refractivity contribution < 1.29 is 14.6 Å². The molecule has 2 rings (SSSR count). The van der Waals surface area contributed by atoms with E-state index in [2.05, 4.69) is 6.58 Å². The van der Waals surface area contributed by atoms with Crippen molar-refractivity contribution in [1.82, 2.24) is 0 Å². The summed E-state index contributed by atoms with van der Waals surface area (Å²) < 4.78 is 4.96. The first-order valence-electron chi connectivity index (χ1n) is 4.76. The van der Waals surface area contributed by atoms with Crippen LogP contribution in [-0.4, -0.2) is 11.1 Å². The number of phenols is 1. The molecule has 0 aliphatic rings. The lowest BCUT2D eigenvalue weighted by Crippen LogP contribution is -2.02. The zero-order chi connectivity index (χ0) is 11.5. The minimum atomic E-state index is -0.519. The van der Waals surface area contributed by atoms with E-state index in [9.17, 15) is 9.90 Å². The van der Waals surface area contributed by atoms with Crippen LogP contribution in [0.3, 0.4) is 0 Å². The number of hydrogen-bond acceptors (Lipinski definition) is 3. The van der Waals surface area contributed by atoms with Crippen LogP contribution in [0.1, 0.15) is 0 Å². The fourth-order valence-corrected chi connectivity index (χ4v) is 1.46. The van der Waals surface area contributed by atoms with Gasteiger partial charge in [-0.15, -0.1) is 0 Å². The summed E-state index contributed by atoms with van der Waals surface area (Å²) in [5.74, 6) is 0.0303. The molecular formula is C13H10O3. The van der Waals surface area contributed by atoms with Crippen molar-refractivity contribution in [1.29, 1.82) is 0 Å². The summed E-state index contributed by atoms with van der Waals surface area (Å²) in [6.45, 7) is 3.31. The van der Waals surface area contributed by atoms with Gasteiger partial charge in [0.05, 0.1) is 0 Å². The van der Waals surface area contributed by atoms with E-state index in [-0.39, 0.29) is 5.75 Å². The third-order valence-electron chi connectivity index (χ3n) is 2.22. The fraction of sp³-hybridized carbons (Fsp3) is 0. The molecule has 0 saturated carbocycles. The zero-order valence-corrected chi connectivity index (χ0v) is 8.51. The molecule has 0 fully saturated rings. The van der Waals surface area contributed by atoms with Gasteiger partial charge in [0, 0.05) is 11.5 Å². The molecule has 16 heavy (non-hydrogen) atoms. The van der Waals surface area contributed by atoms with E-state index in [4.69, 9.17) is 4.74 Å². The number of aromatic hydroxyl groups is 1. The van der Waals surface area contributed by atoms with Gasteiger partial charge in [0.1, 0.15) is 11.5 Å². The van der Waals surface area contributed by atoms with Crippen molar-refractivity contribution in [2.24, 2.45) is 0 Å². The molecule has 80 valence electrons. The third-order valence-corrected chi connectivity index (χ3v) is 2.22. The van der Waals surface area contributed by atoms with Gasteiger partial charge < -0.3 is 9.84 Å². The summed E-state index contributed by atoms with van der Waals surface area (Å²) in [6.07, 6.45) is 1.09. The van der Waals surface area contributed by atoms with Gasteiger partial charge in [-0.1, -0.05) is 24.8 Å². The second-order valence-corrected chi connectivity index (χ2v) is 3.29. The average Bonchev–Trinajstić information content (AvgIpc) is 2.30. The molecule has 0 aromatic heterocycles. The van der Waals surface area contributed by atoms with Crippen molar-refractivity contribution in [3.8, 4) is 11.5 Å². The molecule has 0 radical (unpaired) electrons. The van der Waals surface area contributed by atoms with Crippen molar-refractivity contribution in [3.63, 3.8) is 0 Å². The number of benzene rings is 2. The van der Waals surface area contributed by atoms with Crippen LogP contribution >= 0.6 is 0 Å². The van der Waals surface area contributed by atoms with Crippen LogP contribution in [0.2, 0.25) is 0 Å². The molecule has 0 aliphatic carbocycles. The summed E-state index contributed by atoms with van der Waals surface area (Å²) in [7, 11) is 0. The molecule has 0 heterocycles. The summed E-state index contributed by atoms with van der Waals surface area (Å²) in [4.78, 5) is 11.0. The Labute approximate surface area is 92.6 Å².